The number of carbonyl (C=O) groups excluding carboxylic acids is 3. The molecule has 0 fully saturated rings. The van der Waals surface area contributed by atoms with Crippen molar-refractivity contribution < 1.29 is 37.5 Å². The first-order valence-corrected chi connectivity index (χ1v) is 13.8. The van der Waals surface area contributed by atoms with E-state index in [1.807, 2.05) is 50.2 Å². The Morgan fingerprint density at radius 1 is 0.976 bits per heavy atom. The summed E-state index contributed by atoms with van der Waals surface area (Å²) in [4.78, 5) is 50.7. The summed E-state index contributed by atoms with van der Waals surface area (Å²) >= 11 is 0. The lowest BCUT2D eigenvalue weighted by atomic mass is 9.87. The highest BCUT2D eigenvalue weighted by molar-refractivity contribution is 6.07. The van der Waals surface area contributed by atoms with Crippen LogP contribution in [0.2, 0.25) is 0 Å². The molecule has 2 aromatic rings. The standard InChI is InChI=1S/C28H36N4O3.C2HF3O2/c1-17(2)25(31-26(33)18(3)29-4)28(35)32-23-15-8-6-11-20(23)16-24(32)27(34)30-22-14-9-12-19-10-5-7-13-21(19)22;3-2(4,5)1(6)7/h5-8,10-11,13,15,17-18,22,24-25,29H,9,12,14,16H2,1-4H3,(H,30,34)(H,31,33);(H,6,7)/t18-,22+,24-,25-;/m0./s1. The first-order chi connectivity index (χ1) is 19.8. The van der Waals surface area contributed by atoms with E-state index in [2.05, 4.69) is 28.1 Å². The van der Waals surface area contributed by atoms with Gasteiger partial charge >= 0.3 is 12.1 Å². The van der Waals surface area contributed by atoms with Crippen LogP contribution < -0.4 is 20.9 Å². The summed E-state index contributed by atoms with van der Waals surface area (Å²) in [6.07, 6.45) is -1.72. The molecule has 1 aliphatic heterocycles. The van der Waals surface area contributed by atoms with Gasteiger partial charge in [0.05, 0.1) is 12.1 Å². The van der Waals surface area contributed by atoms with Crippen LogP contribution in [0.4, 0.5) is 18.9 Å². The monoisotopic (exact) mass is 590 g/mol. The maximum Gasteiger partial charge on any atom is 0.490 e. The molecule has 2 aliphatic rings. The zero-order valence-electron chi connectivity index (χ0n) is 24.0. The van der Waals surface area contributed by atoms with Crippen molar-refractivity contribution >= 4 is 29.4 Å². The molecule has 0 unspecified atom stereocenters. The number of rotatable bonds is 7. The van der Waals surface area contributed by atoms with Crippen LogP contribution in [0.25, 0.3) is 0 Å². The number of amides is 3. The highest BCUT2D eigenvalue weighted by Crippen LogP contribution is 2.35. The van der Waals surface area contributed by atoms with E-state index in [9.17, 15) is 27.6 Å². The van der Waals surface area contributed by atoms with Crippen molar-refractivity contribution in [2.75, 3.05) is 11.9 Å². The lowest BCUT2D eigenvalue weighted by Crippen LogP contribution is -2.58. The van der Waals surface area contributed by atoms with Gasteiger partial charge in [-0.05, 0) is 61.9 Å². The molecule has 4 rings (SSSR count). The van der Waals surface area contributed by atoms with E-state index in [-0.39, 0.29) is 29.7 Å². The summed E-state index contributed by atoms with van der Waals surface area (Å²) in [6, 6.07) is 14.0. The second-order valence-electron chi connectivity index (χ2n) is 10.8. The fourth-order valence-corrected chi connectivity index (χ4v) is 5.11. The Balaban J connectivity index is 0.000000616. The highest BCUT2D eigenvalue weighted by atomic mass is 19.4. The number of aryl methyl sites for hydroxylation is 1. The third-order valence-electron chi connectivity index (χ3n) is 7.50. The van der Waals surface area contributed by atoms with E-state index >= 15 is 0 Å². The van der Waals surface area contributed by atoms with Gasteiger partial charge in [0, 0.05) is 12.1 Å². The van der Waals surface area contributed by atoms with Crippen molar-refractivity contribution in [2.45, 2.75) is 76.8 Å². The van der Waals surface area contributed by atoms with Crippen LogP contribution in [0.5, 0.6) is 0 Å². The molecule has 0 aromatic heterocycles. The predicted octanol–water partition coefficient (Wildman–Crippen LogP) is 3.52. The first-order valence-electron chi connectivity index (χ1n) is 13.8. The topological polar surface area (TPSA) is 128 Å². The maximum absolute atomic E-state index is 13.9. The molecule has 228 valence electrons. The Kier molecular flexibility index (Phi) is 10.7. The highest BCUT2D eigenvalue weighted by Gasteiger charge is 2.43. The Bertz CT molecular complexity index is 1300. The summed E-state index contributed by atoms with van der Waals surface area (Å²) in [5.74, 6) is -3.56. The molecule has 2 aromatic carbocycles. The molecule has 0 radical (unpaired) electrons. The number of fused-ring (bicyclic) bond motifs is 2. The second kappa shape index (κ2) is 13.8. The van der Waals surface area contributed by atoms with Crippen LogP contribution in [0, 0.1) is 5.92 Å². The molecule has 9 nitrogen and oxygen atoms in total. The summed E-state index contributed by atoms with van der Waals surface area (Å²) in [7, 11) is 1.71. The van der Waals surface area contributed by atoms with Gasteiger partial charge in [0.2, 0.25) is 11.8 Å². The number of benzene rings is 2. The van der Waals surface area contributed by atoms with E-state index < -0.39 is 30.3 Å². The van der Waals surface area contributed by atoms with Crippen molar-refractivity contribution in [2.24, 2.45) is 5.92 Å². The van der Waals surface area contributed by atoms with Gasteiger partial charge in [-0.2, -0.15) is 13.2 Å². The third kappa shape index (κ3) is 7.67. The molecule has 0 saturated heterocycles. The SMILES string of the molecule is CN[C@@H](C)C(=O)N[C@H](C(=O)N1c2ccccc2C[C@H]1C(=O)N[C@@H]1CCCc2ccccc21)C(C)C.O=C(O)C(F)(F)F. The summed E-state index contributed by atoms with van der Waals surface area (Å²) in [5.41, 5.74) is 4.13. The molecule has 3 amide bonds. The fraction of sp³-hybridized carbons (Fsp3) is 0.467. The summed E-state index contributed by atoms with van der Waals surface area (Å²) in [5, 5.41) is 16.2. The molecule has 12 heteroatoms. The number of carboxylic acid groups (broad SMARTS) is 1. The molecule has 0 saturated carbocycles. The number of carbonyl (C=O) groups is 4. The van der Waals surface area contributed by atoms with E-state index in [0.29, 0.717) is 6.42 Å². The van der Waals surface area contributed by atoms with Crippen LogP contribution in [0.3, 0.4) is 0 Å². The van der Waals surface area contributed by atoms with Crippen molar-refractivity contribution in [3.8, 4) is 0 Å². The van der Waals surface area contributed by atoms with E-state index in [1.54, 1.807) is 18.9 Å². The van der Waals surface area contributed by atoms with Crippen LogP contribution in [0.15, 0.2) is 48.5 Å². The van der Waals surface area contributed by atoms with Gasteiger partial charge in [0.15, 0.2) is 0 Å². The molecule has 42 heavy (non-hydrogen) atoms. The van der Waals surface area contributed by atoms with E-state index in [0.717, 1.165) is 36.1 Å². The Hall–Kier alpha value is -3.93. The first kappa shape index (κ1) is 32.6. The molecule has 0 spiro atoms. The van der Waals surface area contributed by atoms with Crippen LogP contribution in [-0.4, -0.2) is 60.1 Å². The smallest absolute Gasteiger partial charge is 0.475 e. The Morgan fingerprint density at radius 2 is 1.57 bits per heavy atom. The summed E-state index contributed by atoms with van der Waals surface area (Å²) in [6.45, 7) is 5.56. The average Bonchev–Trinajstić information content (AvgIpc) is 3.34. The number of nitrogens with zero attached hydrogens (tertiary/aromatic N) is 1. The second-order valence-corrected chi connectivity index (χ2v) is 10.8. The van der Waals surface area contributed by atoms with Gasteiger partial charge in [-0.1, -0.05) is 56.3 Å². The number of aliphatic carboxylic acids is 1. The Morgan fingerprint density at radius 3 is 2.17 bits per heavy atom. The quantitative estimate of drug-likeness (QED) is 0.391. The lowest BCUT2D eigenvalue weighted by Gasteiger charge is -2.33. The van der Waals surface area contributed by atoms with Gasteiger partial charge < -0.3 is 21.1 Å². The molecular weight excluding hydrogens is 553 g/mol. The molecule has 0 bridgehead atoms. The fourth-order valence-electron chi connectivity index (χ4n) is 5.11. The van der Waals surface area contributed by atoms with Gasteiger partial charge in [-0.25, -0.2) is 4.79 Å². The minimum atomic E-state index is -5.08. The van der Waals surface area contributed by atoms with Crippen molar-refractivity contribution in [1.29, 1.82) is 0 Å². The molecule has 4 atom stereocenters. The van der Waals surface area contributed by atoms with Gasteiger partial charge in [0.25, 0.3) is 5.91 Å². The van der Waals surface area contributed by atoms with Gasteiger partial charge in [-0.15, -0.1) is 0 Å². The number of para-hydroxylation sites is 1. The number of hydrogen-bond donors (Lipinski definition) is 4. The van der Waals surface area contributed by atoms with Gasteiger partial charge in [-0.3, -0.25) is 19.3 Å². The zero-order valence-corrected chi connectivity index (χ0v) is 24.0. The zero-order chi connectivity index (χ0) is 31.2. The minimum absolute atomic E-state index is 0.0646. The normalized spacial score (nSPS) is 19.0. The minimum Gasteiger partial charge on any atom is -0.475 e. The summed E-state index contributed by atoms with van der Waals surface area (Å²) < 4.78 is 31.7. The number of hydrogen-bond acceptors (Lipinski definition) is 5. The van der Waals surface area contributed by atoms with Gasteiger partial charge in [0.1, 0.15) is 12.1 Å². The molecule has 1 aliphatic carbocycles. The number of carboxylic acids is 1. The molecule has 4 N–H and O–H groups in total. The number of alkyl halides is 3. The predicted molar refractivity (Wildman–Crippen MR) is 151 cm³/mol. The number of likely N-dealkylation sites (N-methyl/N-ethyl adjacent to an activating group) is 1. The third-order valence-corrected chi connectivity index (χ3v) is 7.50. The maximum atomic E-state index is 13.9. The number of nitrogens with one attached hydrogen (secondary N) is 3. The lowest BCUT2D eigenvalue weighted by molar-refractivity contribution is -0.192. The average molecular weight is 591 g/mol. The number of halogens is 3. The van der Waals surface area contributed by atoms with Crippen LogP contribution >= 0.6 is 0 Å². The van der Waals surface area contributed by atoms with Crippen LogP contribution in [0.1, 0.15) is 56.3 Å². The molecule has 1 heterocycles. The van der Waals surface area contributed by atoms with Crippen molar-refractivity contribution in [3.05, 3.63) is 65.2 Å². The molecular formula is C30H37F3N4O5. The van der Waals surface area contributed by atoms with E-state index in [4.69, 9.17) is 9.90 Å². The van der Waals surface area contributed by atoms with Crippen LogP contribution in [-0.2, 0) is 32.0 Å². The Labute approximate surface area is 242 Å². The van der Waals surface area contributed by atoms with E-state index in [1.165, 1.54) is 5.56 Å². The largest absolute Gasteiger partial charge is 0.490 e. The number of anilines is 1. The van der Waals surface area contributed by atoms with Crippen molar-refractivity contribution in [1.82, 2.24) is 16.0 Å². The van der Waals surface area contributed by atoms with Crippen molar-refractivity contribution in [3.63, 3.8) is 0 Å².